The lowest BCUT2D eigenvalue weighted by molar-refractivity contribution is 0.892. The van der Waals surface area contributed by atoms with Gasteiger partial charge in [0.2, 0.25) is 0 Å². The van der Waals surface area contributed by atoms with Crippen LogP contribution < -0.4 is 0 Å². The van der Waals surface area contributed by atoms with Crippen LogP contribution in [0.4, 0.5) is 0 Å². The summed E-state index contributed by atoms with van der Waals surface area (Å²) < 4.78 is 1.98. The zero-order chi connectivity index (χ0) is 22.5. The van der Waals surface area contributed by atoms with Gasteiger partial charge < -0.3 is 0 Å². The van der Waals surface area contributed by atoms with Gasteiger partial charge in [-0.2, -0.15) is 10.4 Å². The molecular weight excluding hydrogens is 402 g/mol. The van der Waals surface area contributed by atoms with Gasteiger partial charge in [0, 0.05) is 11.1 Å². The molecule has 1 heterocycles. The lowest BCUT2D eigenvalue weighted by atomic mass is 10.0. The second kappa shape index (κ2) is 9.21. The average molecular weight is 424 g/mol. The van der Waals surface area contributed by atoms with Crippen molar-refractivity contribution in [3.05, 3.63) is 132 Å². The van der Waals surface area contributed by atoms with Gasteiger partial charge in [0.1, 0.15) is 0 Å². The second-order valence-corrected chi connectivity index (χ2v) is 7.69. The van der Waals surface area contributed by atoms with E-state index in [0.29, 0.717) is 5.57 Å². The van der Waals surface area contributed by atoms with E-state index < -0.39 is 0 Å². The smallest absolute Gasteiger partial charge is 0.0998 e. The van der Waals surface area contributed by atoms with Gasteiger partial charge in [-0.25, -0.2) is 4.68 Å². The normalized spacial score (nSPS) is 11.2. The molecule has 0 fully saturated rings. The summed E-state index contributed by atoms with van der Waals surface area (Å²) in [5.41, 5.74) is 7.62. The Kier molecular flexibility index (Phi) is 5.65. The summed E-state index contributed by atoms with van der Waals surface area (Å²) in [6.45, 7) is 0. The Labute approximate surface area is 193 Å². The van der Waals surface area contributed by atoms with Crippen molar-refractivity contribution in [3.63, 3.8) is 0 Å². The summed E-state index contributed by atoms with van der Waals surface area (Å²) >= 11 is 0. The number of nitriles is 1. The molecule has 1 aromatic heterocycles. The molecule has 0 radical (unpaired) electrons. The lowest BCUT2D eigenvalue weighted by Crippen LogP contribution is -1.99. The molecule has 156 valence electrons. The van der Waals surface area contributed by atoms with Gasteiger partial charge in [0.25, 0.3) is 0 Å². The van der Waals surface area contributed by atoms with E-state index in [0.717, 1.165) is 39.3 Å². The van der Waals surface area contributed by atoms with Gasteiger partial charge in [-0.3, -0.25) is 0 Å². The van der Waals surface area contributed by atoms with E-state index >= 15 is 0 Å². The lowest BCUT2D eigenvalue weighted by Gasteiger charge is -2.08. The molecule has 0 unspecified atom stereocenters. The quantitative estimate of drug-likeness (QED) is 0.220. The molecule has 33 heavy (non-hydrogen) atoms. The van der Waals surface area contributed by atoms with Crippen LogP contribution in [-0.4, -0.2) is 9.78 Å². The molecule has 3 heteroatoms. The van der Waals surface area contributed by atoms with Gasteiger partial charge in [0.15, 0.2) is 0 Å². The van der Waals surface area contributed by atoms with Gasteiger partial charge in [-0.1, -0.05) is 103 Å². The van der Waals surface area contributed by atoms with Crippen molar-refractivity contribution in [2.24, 2.45) is 0 Å². The van der Waals surface area contributed by atoms with Crippen LogP contribution in [0.2, 0.25) is 0 Å². The molecule has 0 atom stereocenters. The molecule has 4 aromatic carbocycles. The molecule has 0 aliphatic carbocycles. The zero-order valence-electron chi connectivity index (χ0n) is 18.0. The fraction of sp³-hybridized carbons (Fsp3) is 0. The van der Waals surface area contributed by atoms with Crippen LogP contribution in [0.15, 0.2) is 121 Å². The van der Waals surface area contributed by atoms with E-state index in [1.165, 1.54) is 0 Å². The minimum Gasteiger partial charge on any atom is -0.232 e. The number of aromatic nitrogens is 2. The molecule has 0 amide bonds. The average Bonchev–Trinajstić information content (AvgIpc) is 3.35. The Morgan fingerprint density at radius 1 is 0.697 bits per heavy atom. The highest BCUT2D eigenvalue weighted by molar-refractivity contribution is 5.89. The maximum Gasteiger partial charge on any atom is 0.0998 e. The van der Waals surface area contributed by atoms with Crippen LogP contribution in [0.25, 0.3) is 39.9 Å². The van der Waals surface area contributed by atoms with Gasteiger partial charge in [-0.15, -0.1) is 0 Å². The van der Waals surface area contributed by atoms with Crippen molar-refractivity contribution in [1.29, 1.82) is 5.26 Å². The van der Waals surface area contributed by atoms with Crippen LogP contribution >= 0.6 is 0 Å². The zero-order valence-corrected chi connectivity index (χ0v) is 18.0. The van der Waals surface area contributed by atoms with Crippen molar-refractivity contribution in [2.75, 3.05) is 0 Å². The standard InChI is InChI=1S/C30H21N3/c31-22-27(24-10-4-1-5-11-24)20-23-16-18-28(19-17-23)33-30(26-14-8-3-9-15-26)21-29(32-33)25-12-6-2-7-13-25/h1-21H. The van der Waals surface area contributed by atoms with E-state index in [9.17, 15) is 5.26 Å². The first kappa shape index (κ1) is 20.2. The number of hydrogen-bond donors (Lipinski definition) is 0. The third-order valence-corrected chi connectivity index (χ3v) is 5.50. The summed E-state index contributed by atoms with van der Waals surface area (Å²) in [6, 6.07) is 42.8. The molecule has 0 spiro atoms. The number of hydrogen-bond acceptors (Lipinski definition) is 2. The first-order valence-electron chi connectivity index (χ1n) is 10.8. The van der Waals surface area contributed by atoms with Crippen molar-refractivity contribution in [3.8, 4) is 34.3 Å². The third kappa shape index (κ3) is 4.37. The van der Waals surface area contributed by atoms with Crippen LogP contribution in [0.1, 0.15) is 11.1 Å². The van der Waals surface area contributed by atoms with Gasteiger partial charge in [-0.05, 0) is 35.4 Å². The largest absolute Gasteiger partial charge is 0.232 e. The minimum absolute atomic E-state index is 0.638. The number of nitrogens with zero attached hydrogens (tertiary/aromatic N) is 3. The maximum atomic E-state index is 9.61. The predicted molar refractivity (Wildman–Crippen MR) is 134 cm³/mol. The molecule has 0 aliphatic rings. The van der Waals surface area contributed by atoms with Crippen LogP contribution in [-0.2, 0) is 0 Å². The maximum absolute atomic E-state index is 9.61. The van der Waals surface area contributed by atoms with Crippen molar-refractivity contribution >= 4 is 11.6 Å². The molecule has 5 aromatic rings. The molecule has 0 saturated heterocycles. The summed E-state index contributed by atoms with van der Waals surface area (Å²) in [6.07, 6.45) is 1.91. The SMILES string of the molecule is N#CC(=Cc1ccc(-n2nc(-c3ccccc3)cc2-c2ccccc2)cc1)c1ccccc1. The Balaban J connectivity index is 1.55. The highest BCUT2D eigenvalue weighted by Crippen LogP contribution is 2.29. The fourth-order valence-corrected chi connectivity index (χ4v) is 3.82. The summed E-state index contributed by atoms with van der Waals surface area (Å²) in [4.78, 5) is 0. The van der Waals surface area contributed by atoms with E-state index in [-0.39, 0.29) is 0 Å². The number of rotatable bonds is 5. The minimum atomic E-state index is 0.638. The van der Waals surface area contributed by atoms with Crippen molar-refractivity contribution in [2.45, 2.75) is 0 Å². The first-order chi connectivity index (χ1) is 16.3. The van der Waals surface area contributed by atoms with E-state index in [2.05, 4.69) is 36.4 Å². The molecular formula is C30H21N3. The van der Waals surface area contributed by atoms with E-state index in [4.69, 9.17) is 5.10 Å². The van der Waals surface area contributed by atoms with Gasteiger partial charge in [0.05, 0.1) is 28.7 Å². The molecule has 0 aliphatic heterocycles. The third-order valence-electron chi connectivity index (χ3n) is 5.50. The highest BCUT2D eigenvalue weighted by Gasteiger charge is 2.13. The second-order valence-electron chi connectivity index (χ2n) is 7.69. The number of benzene rings is 4. The fourth-order valence-electron chi connectivity index (χ4n) is 3.82. The summed E-state index contributed by atoms with van der Waals surface area (Å²) in [5.74, 6) is 0. The molecule has 3 nitrogen and oxygen atoms in total. The van der Waals surface area contributed by atoms with Crippen molar-refractivity contribution < 1.29 is 0 Å². The Hall–Kier alpha value is -4.68. The monoisotopic (exact) mass is 423 g/mol. The van der Waals surface area contributed by atoms with Crippen LogP contribution in [0, 0.1) is 11.3 Å². The molecule has 0 saturated carbocycles. The van der Waals surface area contributed by atoms with Crippen molar-refractivity contribution in [1.82, 2.24) is 9.78 Å². The molecule has 5 rings (SSSR count). The van der Waals surface area contributed by atoms with Gasteiger partial charge >= 0.3 is 0 Å². The Morgan fingerprint density at radius 2 is 1.27 bits per heavy atom. The topological polar surface area (TPSA) is 41.6 Å². The summed E-state index contributed by atoms with van der Waals surface area (Å²) in [5, 5.41) is 14.5. The summed E-state index contributed by atoms with van der Waals surface area (Å²) in [7, 11) is 0. The predicted octanol–water partition coefficient (Wildman–Crippen LogP) is 7.27. The molecule has 0 bridgehead atoms. The highest BCUT2D eigenvalue weighted by atomic mass is 15.3. The molecule has 0 N–H and O–H groups in total. The Morgan fingerprint density at radius 3 is 1.88 bits per heavy atom. The van der Waals surface area contributed by atoms with Crippen LogP contribution in [0.5, 0.6) is 0 Å². The Bertz CT molecular complexity index is 1420. The van der Waals surface area contributed by atoms with Crippen LogP contribution in [0.3, 0.4) is 0 Å². The number of allylic oxidation sites excluding steroid dienone is 1. The van der Waals surface area contributed by atoms with E-state index in [1.54, 1.807) is 0 Å². The van der Waals surface area contributed by atoms with E-state index in [1.807, 2.05) is 102 Å². The first-order valence-corrected chi connectivity index (χ1v) is 10.8.